The van der Waals surface area contributed by atoms with Gasteiger partial charge in [0.05, 0.1) is 0 Å². The predicted molar refractivity (Wildman–Crippen MR) is 298 cm³/mol. The van der Waals surface area contributed by atoms with Crippen LogP contribution in [0.3, 0.4) is 0 Å². The van der Waals surface area contributed by atoms with E-state index in [9.17, 15) is 57.5 Å². The van der Waals surface area contributed by atoms with Crippen LogP contribution in [0.15, 0.2) is 0 Å². The zero-order chi connectivity index (χ0) is 62.1. The molecule has 0 unspecified atom stereocenters. The number of nitrogens with zero attached hydrogens (tertiary/aromatic N) is 1. The molecule has 82 heavy (non-hydrogen) atoms. The second kappa shape index (κ2) is 38.1. The molecule has 0 bridgehead atoms. The summed E-state index contributed by atoms with van der Waals surface area (Å²) < 4.78 is 0. The third-order valence-corrected chi connectivity index (χ3v) is 12.7. The molecule has 0 spiro atoms. The molecule has 1 saturated heterocycles. The van der Waals surface area contributed by atoms with Gasteiger partial charge in [0.25, 0.3) is 0 Å². The first kappa shape index (κ1) is 71.4. The molecule has 34 heteroatoms. The lowest BCUT2D eigenvalue weighted by atomic mass is 10.0. The topological polar surface area (TPSA) is 608 Å². The number of hydrogen-bond donors (Lipinski definition) is 21. The molecule has 0 aromatic rings. The number of carbonyl (C=O) groups excluding carboxylic acids is 12. The van der Waals surface area contributed by atoms with E-state index in [0.717, 1.165) is 0 Å². The number of likely N-dealkylation sites (tertiary alicyclic amines) is 1. The molecule has 0 saturated carbocycles. The maximum absolute atomic E-state index is 14.7. The van der Waals surface area contributed by atoms with Crippen molar-refractivity contribution in [2.75, 3.05) is 32.7 Å². The molecule has 0 aliphatic carbocycles. The van der Waals surface area contributed by atoms with Crippen LogP contribution in [0.5, 0.6) is 0 Å². The van der Waals surface area contributed by atoms with Gasteiger partial charge in [0.15, 0.2) is 17.9 Å². The van der Waals surface area contributed by atoms with E-state index in [0.29, 0.717) is 19.4 Å². The van der Waals surface area contributed by atoms with Gasteiger partial charge in [-0.05, 0) is 96.4 Å². The van der Waals surface area contributed by atoms with Crippen LogP contribution in [0.1, 0.15) is 123 Å². The Morgan fingerprint density at radius 1 is 0.439 bits per heavy atom. The molecule has 1 heterocycles. The average molecular weight is 1170 g/mol. The van der Waals surface area contributed by atoms with Crippen molar-refractivity contribution >= 4 is 88.8 Å². The second-order valence-electron chi connectivity index (χ2n) is 19.9. The fourth-order valence-corrected chi connectivity index (χ4v) is 8.30. The third kappa shape index (κ3) is 29.0. The van der Waals surface area contributed by atoms with Crippen molar-refractivity contribution < 1.29 is 57.5 Å². The van der Waals surface area contributed by atoms with Gasteiger partial charge < -0.3 is 104 Å². The molecule has 1 fully saturated rings. The van der Waals surface area contributed by atoms with Crippen LogP contribution in [-0.2, 0) is 57.5 Å². The Morgan fingerprint density at radius 3 is 1.12 bits per heavy atom. The molecule has 1 aliphatic heterocycles. The number of rotatable bonds is 41. The number of nitrogens with two attached hydrogens (primary N) is 8. The zero-order valence-corrected chi connectivity index (χ0v) is 46.7. The Labute approximate surface area is 475 Å². The maximum Gasteiger partial charge on any atom is 0.245 e. The van der Waals surface area contributed by atoms with E-state index in [2.05, 4.69) is 53.2 Å². The SMILES string of the molecule is CC(C)C(=O)N[C@@H](CCC(N)=O)C(=O)N[C@@H](CCCNC(=N)N)C(=O)N[C@@H](CCCNC(=N)N)C(=O)N1CCC[C@H]1C(=O)N[C@@H](CCC(N)=O)C(=O)N[C@@H](CCCNC(=N)N)C(=O)N[C@@H](CCC(N)=O)C(=O)N[C@@H](CCCCN)C(N)=O. The minimum atomic E-state index is -1.60. The Morgan fingerprint density at radius 2 is 0.768 bits per heavy atom. The number of unbranched alkanes of at least 4 members (excludes halogenated alkanes) is 1. The van der Waals surface area contributed by atoms with E-state index in [1.807, 2.05) is 0 Å². The van der Waals surface area contributed by atoms with Gasteiger partial charge in [-0.3, -0.25) is 73.8 Å². The second-order valence-corrected chi connectivity index (χ2v) is 19.9. The number of carbonyl (C=O) groups is 12. The van der Waals surface area contributed by atoms with Crippen LogP contribution >= 0.6 is 0 Å². The van der Waals surface area contributed by atoms with Crippen molar-refractivity contribution in [3.05, 3.63) is 0 Å². The van der Waals surface area contributed by atoms with Crippen LogP contribution in [0.25, 0.3) is 0 Å². The highest BCUT2D eigenvalue weighted by Gasteiger charge is 2.40. The largest absolute Gasteiger partial charge is 0.370 e. The standard InChI is InChI=1S/C48H88N22O12/c1-25(2)38(75)64-29(14-17-34(50)71)42(79)66-28(11-6-22-61-47(56)57)40(77)69-32(12-7-23-62-48(58)59)45(82)70-24-8-13-33(70)44(81)68-31(16-19-36(52)73)43(80)65-27(10-5-21-60-46(54)55)39(76)67-30(15-18-35(51)72)41(78)63-26(37(53)74)9-3-4-20-49/h25-33H,3-24,49H2,1-2H3,(H2,50,71)(H2,51,72)(H2,52,73)(H2,53,74)(H,63,78)(H,64,75)(H,65,80)(H,66,79)(H,67,76)(H,68,81)(H,69,77)(H4,54,55,60)(H4,56,57,61)(H4,58,59,62)/t26-,27-,28-,29-,30-,31-,32-,33-/m0/s1. The molecule has 12 amide bonds. The van der Waals surface area contributed by atoms with Crippen molar-refractivity contribution in [1.29, 1.82) is 16.2 Å². The first-order chi connectivity index (χ1) is 38.6. The van der Waals surface area contributed by atoms with Gasteiger partial charge in [0.2, 0.25) is 70.9 Å². The molecule has 1 aliphatic rings. The van der Waals surface area contributed by atoms with Gasteiger partial charge in [0.1, 0.15) is 48.3 Å². The van der Waals surface area contributed by atoms with Crippen LogP contribution in [-0.4, -0.2) is 175 Å². The van der Waals surface area contributed by atoms with Crippen molar-refractivity contribution in [1.82, 2.24) is 58.1 Å². The molecule has 34 nitrogen and oxygen atoms in total. The molecule has 29 N–H and O–H groups in total. The first-order valence-electron chi connectivity index (χ1n) is 27.1. The van der Waals surface area contributed by atoms with Gasteiger partial charge in [-0.25, -0.2) is 0 Å². The van der Waals surface area contributed by atoms with E-state index in [-0.39, 0.29) is 115 Å². The summed E-state index contributed by atoms with van der Waals surface area (Å²) >= 11 is 0. The van der Waals surface area contributed by atoms with Gasteiger partial charge >= 0.3 is 0 Å². The van der Waals surface area contributed by atoms with Crippen molar-refractivity contribution in [3.63, 3.8) is 0 Å². The summed E-state index contributed by atoms with van der Waals surface area (Å²) in [5, 5.41) is 48.2. The van der Waals surface area contributed by atoms with Crippen LogP contribution in [0, 0.1) is 22.1 Å². The summed E-state index contributed by atoms with van der Waals surface area (Å²) in [5.41, 5.74) is 43.6. The van der Waals surface area contributed by atoms with Crippen molar-refractivity contribution in [2.45, 2.75) is 171 Å². The average Bonchev–Trinajstić information content (AvgIpc) is 4.07. The molecular formula is C48H88N22O12. The number of nitrogens with one attached hydrogen (secondary N) is 13. The number of guanidine groups is 3. The van der Waals surface area contributed by atoms with Crippen LogP contribution < -0.4 is 99.0 Å². The summed E-state index contributed by atoms with van der Waals surface area (Å²) in [5.74, 6) is -11.9. The quantitative estimate of drug-likeness (QED) is 0.0154. The summed E-state index contributed by atoms with van der Waals surface area (Å²) in [4.78, 5) is 161. The molecule has 0 radical (unpaired) electrons. The lowest BCUT2D eigenvalue weighted by Gasteiger charge is -2.31. The van der Waals surface area contributed by atoms with Gasteiger partial charge in [-0.2, -0.15) is 0 Å². The lowest BCUT2D eigenvalue weighted by molar-refractivity contribution is -0.143. The summed E-state index contributed by atoms with van der Waals surface area (Å²) in [6, 6.07) is -11.2. The Balaban J connectivity index is 3.66. The Kier molecular flexibility index (Phi) is 33.2. The Bertz CT molecular complexity index is 2250. The van der Waals surface area contributed by atoms with E-state index in [1.165, 1.54) is 4.90 Å². The van der Waals surface area contributed by atoms with Crippen molar-refractivity contribution in [2.24, 2.45) is 51.8 Å². The fraction of sp³-hybridized carbons (Fsp3) is 0.688. The normalized spacial score (nSPS) is 15.3. The van der Waals surface area contributed by atoms with Crippen LogP contribution in [0.4, 0.5) is 0 Å². The van der Waals surface area contributed by atoms with E-state index in [4.69, 9.17) is 62.1 Å². The predicted octanol–water partition coefficient (Wildman–Crippen LogP) is -7.77. The van der Waals surface area contributed by atoms with Gasteiger partial charge in [-0.1, -0.05) is 13.8 Å². The number of hydrogen-bond acceptors (Lipinski definition) is 16. The molecule has 0 aromatic heterocycles. The number of amides is 12. The minimum Gasteiger partial charge on any atom is -0.370 e. The van der Waals surface area contributed by atoms with E-state index >= 15 is 0 Å². The summed E-state index contributed by atoms with van der Waals surface area (Å²) in [6.45, 7) is 3.58. The lowest BCUT2D eigenvalue weighted by Crippen LogP contribution is -2.60. The molecule has 1 rings (SSSR count). The fourth-order valence-electron chi connectivity index (χ4n) is 8.30. The smallest absolute Gasteiger partial charge is 0.245 e. The third-order valence-electron chi connectivity index (χ3n) is 12.7. The molecule has 0 aromatic carbocycles. The highest BCUT2D eigenvalue weighted by molar-refractivity contribution is 5.98. The van der Waals surface area contributed by atoms with E-state index < -0.39 is 150 Å². The highest BCUT2D eigenvalue weighted by Crippen LogP contribution is 2.21. The van der Waals surface area contributed by atoms with E-state index in [1.54, 1.807) is 13.8 Å². The monoisotopic (exact) mass is 1160 g/mol. The molecule has 462 valence electrons. The highest BCUT2D eigenvalue weighted by atomic mass is 16.2. The van der Waals surface area contributed by atoms with Crippen LogP contribution in [0.2, 0.25) is 0 Å². The van der Waals surface area contributed by atoms with Crippen molar-refractivity contribution in [3.8, 4) is 0 Å². The molecular weight excluding hydrogens is 1080 g/mol. The molecule has 8 atom stereocenters. The Hall–Kier alpha value is -8.59. The minimum absolute atomic E-state index is 0.0244. The van der Waals surface area contributed by atoms with Gasteiger partial charge in [-0.15, -0.1) is 0 Å². The summed E-state index contributed by atoms with van der Waals surface area (Å²) in [7, 11) is 0. The zero-order valence-electron chi connectivity index (χ0n) is 46.7. The van der Waals surface area contributed by atoms with Gasteiger partial charge in [0, 0.05) is 51.4 Å². The maximum atomic E-state index is 14.7. The summed E-state index contributed by atoms with van der Waals surface area (Å²) in [6.07, 6.45) is -0.943. The first-order valence-corrected chi connectivity index (χ1v) is 27.1. The number of primary amides is 4.